The van der Waals surface area contributed by atoms with Crippen molar-refractivity contribution in [3.63, 3.8) is 0 Å². The van der Waals surface area contributed by atoms with Crippen LogP contribution in [0.4, 0.5) is 11.8 Å². The molecule has 0 aliphatic carbocycles. The molecule has 6 nitrogen and oxygen atoms in total. The molecule has 3 rings (SSSR count). The van der Waals surface area contributed by atoms with E-state index in [0.29, 0.717) is 11.5 Å². The average Bonchev–Trinajstić information content (AvgIpc) is 2.89. The van der Waals surface area contributed by atoms with E-state index < -0.39 is 0 Å². The molecule has 2 aromatic heterocycles. The van der Waals surface area contributed by atoms with E-state index in [0.717, 1.165) is 11.3 Å². The highest BCUT2D eigenvalue weighted by atomic mass is 16.3. The lowest BCUT2D eigenvalue weighted by Gasteiger charge is -2.00. The van der Waals surface area contributed by atoms with Crippen LogP contribution in [0.2, 0.25) is 0 Å². The van der Waals surface area contributed by atoms with E-state index in [9.17, 15) is 0 Å². The van der Waals surface area contributed by atoms with Gasteiger partial charge in [0.25, 0.3) is 0 Å². The Labute approximate surface area is 109 Å². The first-order valence-electron chi connectivity index (χ1n) is 5.65. The standard InChI is InChI=1S/C13H11N5O/c14-12-11(17-18-13(15)16-12)10-7-6-9(19-10)8-4-2-1-3-5-8/h1-7H,(H4,14,15,16,18). The molecule has 4 N–H and O–H groups in total. The summed E-state index contributed by atoms with van der Waals surface area (Å²) in [6.45, 7) is 0. The van der Waals surface area contributed by atoms with E-state index in [1.54, 1.807) is 6.07 Å². The van der Waals surface area contributed by atoms with Gasteiger partial charge in [0.2, 0.25) is 5.95 Å². The molecule has 0 unspecified atom stereocenters. The Morgan fingerprint density at radius 3 is 2.32 bits per heavy atom. The van der Waals surface area contributed by atoms with Gasteiger partial charge in [0.15, 0.2) is 17.3 Å². The highest BCUT2D eigenvalue weighted by molar-refractivity contribution is 5.68. The van der Waals surface area contributed by atoms with E-state index in [-0.39, 0.29) is 11.8 Å². The van der Waals surface area contributed by atoms with Crippen LogP contribution in [0.25, 0.3) is 22.8 Å². The minimum Gasteiger partial charge on any atom is -0.454 e. The van der Waals surface area contributed by atoms with Crippen LogP contribution in [0.3, 0.4) is 0 Å². The van der Waals surface area contributed by atoms with Gasteiger partial charge in [-0.15, -0.1) is 10.2 Å². The predicted octanol–water partition coefficient (Wildman–Crippen LogP) is 1.96. The van der Waals surface area contributed by atoms with Crippen LogP contribution in [0, 0.1) is 0 Å². The third kappa shape index (κ3) is 2.11. The lowest BCUT2D eigenvalue weighted by molar-refractivity contribution is 0.593. The number of aromatic nitrogens is 3. The molecule has 0 aliphatic rings. The van der Waals surface area contributed by atoms with E-state index in [2.05, 4.69) is 15.2 Å². The topological polar surface area (TPSA) is 104 Å². The Bertz CT molecular complexity index is 708. The van der Waals surface area contributed by atoms with E-state index >= 15 is 0 Å². The van der Waals surface area contributed by atoms with Crippen molar-refractivity contribution >= 4 is 11.8 Å². The molecule has 94 valence electrons. The van der Waals surface area contributed by atoms with Gasteiger partial charge in [-0.05, 0) is 12.1 Å². The summed E-state index contributed by atoms with van der Waals surface area (Å²) in [5, 5.41) is 7.57. The summed E-state index contributed by atoms with van der Waals surface area (Å²) < 4.78 is 5.71. The molecular formula is C13H11N5O. The van der Waals surface area contributed by atoms with Gasteiger partial charge in [-0.3, -0.25) is 0 Å². The molecule has 2 heterocycles. The van der Waals surface area contributed by atoms with Gasteiger partial charge in [0.1, 0.15) is 5.76 Å². The van der Waals surface area contributed by atoms with Gasteiger partial charge < -0.3 is 15.9 Å². The van der Waals surface area contributed by atoms with Crippen molar-refractivity contribution in [1.29, 1.82) is 0 Å². The van der Waals surface area contributed by atoms with Crippen LogP contribution < -0.4 is 11.5 Å². The molecule has 6 heteroatoms. The van der Waals surface area contributed by atoms with Crippen LogP contribution in [-0.2, 0) is 0 Å². The van der Waals surface area contributed by atoms with Gasteiger partial charge >= 0.3 is 0 Å². The zero-order valence-corrected chi connectivity index (χ0v) is 9.95. The van der Waals surface area contributed by atoms with Gasteiger partial charge in [0, 0.05) is 5.56 Å². The zero-order valence-electron chi connectivity index (χ0n) is 9.95. The predicted molar refractivity (Wildman–Crippen MR) is 71.8 cm³/mol. The summed E-state index contributed by atoms with van der Waals surface area (Å²) in [4.78, 5) is 3.85. The number of anilines is 2. The number of nitrogen functional groups attached to an aromatic ring is 2. The smallest absolute Gasteiger partial charge is 0.242 e. The van der Waals surface area contributed by atoms with Crippen molar-refractivity contribution in [2.24, 2.45) is 0 Å². The molecular weight excluding hydrogens is 242 g/mol. The normalized spacial score (nSPS) is 10.5. The molecule has 0 saturated heterocycles. The van der Waals surface area contributed by atoms with Crippen LogP contribution in [-0.4, -0.2) is 15.2 Å². The summed E-state index contributed by atoms with van der Waals surface area (Å²) in [6.07, 6.45) is 0. The van der Waals surface area contributed by atoms with Crippen molar-refractivity contribution in [1.82, 2.24) is 15.2 Å². The van der Waals surface area contributed by atoms with Gasteiger partial charge in [0.05, 0.1) is 0 Å². The van der Waals surface area contributed by atoms with E-state index in [4.69, 9.17) is 15.9 Å². The van der Waals surface area contributed by atoms with Gasteiger partial charge in [-0.1, -0.05) is 30.3 Å². The largest absolute Gasteiger partial charge is 0.454 e. The molecule has 0 aliphatic heterocycles. The summed E-state index contributed by atoms with van der Waals surface area (Å²) in [6, 6.07) is 13.4. The summed E-state index contributed by atoms with van der Waals surface area (Å²) in [5.41, 5.74) is 12.5. The number of furan rings is 1. The SMILES string of the molecule is Nc1nnc(-c2ccc(-c3ccccc3)o2)c(N)n1. The zero-order chi connectivity index (χ0) is 13.2. The maximum absolute atomic E-state index is 5.75. The molecule has 0 atom stereocenters. The van der Waals surface area contributed by atoms with E-state index in [1.165, 1.54) is 0 Å². The first kappa shape index (κ1) is 11.2. The first-order chi connectivity index (χ1) is 9.24. The number of benzene rings is 1. The molecule has 0 spiro atoms. The number of rotatable bonds is 2. The van der Waals surface area contributed by atoms with Crippen molar-refractivity contribution in [3.8, 4) is 22.8 Å². The fourth-order valence-corrected chi connectivity index (χ4v) is 1.75. The molecule has 19 heavy (non-hydrogen) atoms. The van der Waals surface area contributed by atoms with Crippen molar-refractivity contribution in [2.45, 2.75) is 0 Å². The van der Waals surface area contributed by atoms with Crippen LogP contribution >= 0.6 is 0 Å². The maximum Gasteiger partial charge on any atom is 0.242 e. The third-order valence-corrected chi connectivity index (χ3v) is 2.63. The summed E-state index contributed by atoms with van der Waals surface area (Å²) >= 11 is 0. The molecule has 0 bridgehead atoms. The van der Waals surface area contributed by atoms with Crippen molar-refractivity contribution in [3.05, 3.63) is 42.5 Å². The third-order valence-electron chi connectivity index (χ3n) is 2.63. The quantitative estimate of drug-likeness (QED) is 0.723. The van der Waals surface area contributed by atoms with Crippen molar-refractivity contribution in [2.75, 3.05) is 11.5 Å². The second kappa shape index (κ2) is 4.41. The Balaban J connectivity index is 2.02. The van der Waals surface area contributed by atoms with E-state index in [1.807, 2.05) is 36.4 Å². The van der Waals surface area contributed by atoms with Crippen LogP contribution in [0.5, 0.6) is 0 Å². The Kier molecular flexibility index (Phi) is 2.60. The number of hydrogen-bond acceptors (Lipinski definition) is 6. The molecule has 0 amide bonds. The van der Waals surface area contributed by atoms with Gasteiger partial charge in [-0.25, -0.2) is 0 Å². The highest BCUT2D eigenvalue weighted by Gasteiger charge is 2.12. The number of hydrogen-bond donors (Lipinski definition) is 2. The Morgan fingerprint density at radius 2 is 1.58 bits per heavy atom. The van der Waals surface area contributed by atoms with Gasteiger partial charge in [-0.2, -0.15) is 4.98 Å². The molecule has 0 fully saturated rings. The maximum atomic E-state index is 5.75. The minimum atomic E-state index is 0.0380. The fraction of sp³-hybridized carbons (Fsp3) is 0. The molecule has 0 radical (unpaired) electrons. The Hall–Kier alpha value is -2.89. The highest BCUT2D eigenvalue weighted by Crippen LogP contribution is 2.29. The lowest BCUT2D eigenvalue weighted by atomic mass is 10.2. The second-order valence-electron chi connectivity index (χ2n) is 3.93. The average molecular weight is 253 g/mol. The second-order valence-corrected chi connectivity index (χ2v) is 3.93. The van der Waals surface area contributed by atoms with Crippen LogP contribution in [0.1, 0.15) is 0 Å². The first-order valence-corrected chi connectivity index (χ1v) is 5.65. The lowest BCUT2D eigenvalue weighted by Crippen LogP contribution is -2.03. The number of nitrogens with zero attached hydrogens (tertiary/aromatic N) is 3. The monoisotopic (exact) mass is 253 g/mol. The molecule has 0 saturated carbocycles. The minimum absolute atomic E-state index is 0.0380. The fourth-order valence-electron chi connectivity index (χ4n) is 1.75. The molecule has 3 aromatic rings. The number of nitrogens with two attached hydrogens (primary N) is 2. The molecule has 1 aromatic carbocycles. The van der Waals surface area contributed by atoms with Crippen molar-refractivity contribution < 1.29 is 4.42 Å². The Morgan fingerprint density at radius 1 is 0.842 bits per heavy atom. The van der Waals surface area contributed by atoms with Crippen LogP contribution in [0.15, 0.2) is 46.9 Å². The summed E-state index contributed by atoms with van der Waals surface area (Å²) in [7, 11) is 0. The summed E-state index contributed by atoms with van der Waals surface area (Å²) in [5.74, 6) is 1.47.